The van der Waals surface area contributed by atoms with Crippen LogP contribution in [0.1, 0.15) is 43.0 Å². The molecule has 2 rings (SSSR count). The summed E-state index contributed by atoms with van der Waals surface area (Å²) in [5.41, 5.74) is 6.00. The molecule has 6 heteroatoms. The fraction of sp³-hybridized carbons (Fsp3) is 0.429. The van der Waals surface area contributed by atoms with Crippen molar-refractivity contribution in [3.05, 3.63) is 47.1 Å². The number of nitrogens with two attached hydrogens (primary N) is 1. The van der Waals surface area contributed by atoms with Crippen LogP contribution in [0.3, 0.4) is 0 Å². The molecule has 0 saturated heterocycles. The second-order valence-electron chi connectivity index (χ2n) is 4.68. The van der Waals surface area contributed by atoms with Gasteiger partial charge in [-0.05, 0) is 18.1 Å². The van der Waals surface area contributed by atoms with Gasteiger partial charge in [-0.1, -0.05) is 24.6 Å². The van der Waals surface area contributed by atoms with E-state index in [1.807, 2.05) is 6.92 Å². The Bertz CT molecular complexity index is 571. The molecule has 0 fully saturated rings. The van der Waals surface area contributed by atoms with Gasteiger partial charge in [0.25, 0.3) is 0 Å². The lowest BCUT2D eigenvalue weighted by molar-refractivity contribution is 0.344. The summed E-state index contributed by atoms with van der Waals surface area (Å²) in [4.78, 5) is 4.24. The van der Waals surface area contributed by atoms with Gasteiger partial charge in [0.2, 0.25) is 5.89 Å². The first-order valence-corrected chi connectivity index (χ1v) is 6.60. The maximum Gasteiger partial charge on any atom is 0.231 e. The predicted octanol–water partition coefficient (Wildman–Crippen LogP) is 2.78. The van der Waals surface area contributed by atoms with Crippen LogP contribution < -0.4 is 5.73 Å². The molecule has 0 spiro atoms. The topological polar surface area (TPSA) is 64.9 Å². The Hall–Kier alpha value is -1.82. The summed E-state index contributed by atoms with van der Waals surface area (Å²) in [5.74, 6) is -0.335. The number of nitrogens with zero attached hydrogens (tertiary/aromatic N) is 2. The summed E-state index contributed by atoms with van der Waals surface area (Å²) in [6.45, 7) is 2.48. The van der Waals surface area contributed by atoms with Crippen LogP contribution in [0.15, 0.2) is 22.7 Å². The second kappa shape index (κ2) is 6.56. The van der Waals surface area contributed by atoms with Gasteiger partial charge in [0.1, 0.15) is 11.6 Å². The second-order valence-corrected chi connectivity index (χ2v) is 4.68. The zero-order valence-electron chi connectivity index (χ0n) is 11.3. The normalized spacial score (nSPS) is 12.6. The standard InChI is InChI=1S/C14H17F2N3O/c1-2-3-10(8-17)14-18-13(19-20-14)6-9-4-5-11(15)7-12(9)16/h4-5,7,10H,2-3,6,8,17H2,1H3. The quantitative estimate of drug-likeness (QED) is 0.884. The Labute approximate surface area is 116 Å². The van der Waals surface area contributed by atoms with Crippen molar-refractivity contribution in [2.75, 3.05) is 6.54 Å². The predicted molar refractivity (Wildman–Crippen MR) is 70.2 cm³/mol. The maximum absolute atomic E-state index is 13.5. The van der Waals surface area contributed by atoms with Crippen molar-refractivity contribution >= 4 is 0 Å². The lowest BCUT2D eigenvalue weighted by Crippen LogP contribution is -2.12. The molecular weight excluding hydrogens is 264 g/mol. The number of hydrogen-bond acceptors (Lipinski definition) is 4. The third-order valence-corrected chi connectivity index (χ3v) is 3.12. The lowest BCUT2D eigenvalue weighted by atomic mass is 10.0. The maximum atomic E-state index is 13.5. The van der Waals surface area contributed by atoms with Gasteiger partial charge in [0.05, 0.1) is 5.92 Å². The minimum absolute atomic E-state index is 0.0271. The van der Waals surface area contributed by atoms with Crippen molar-refractivity contribution in [1.82, 2.24) is 10.1 Å². The summed E-state index contributed by atoms with van der Waals surface area (Å²) < 4.78 is 31.5. The van der Waals surface area contributed by atoms with E-state index in [0.717, 1.165) is 18.9 Å². The number of aromatic nitrogens is 2. The van der Waals surface area contributed by atoms with Crippen molar-refractivity contribution < 1.29 is 13.3 Å². The molecule has 1 heterocycles. The molecule has 1 aromatic heterocycles. The van der Waals surface area contributed by atoms with Gasteiger partial charge in [-0.25, -0.2) is 8.78 Å². The summed E-state index contributed by atoms with van der Waals surface area (Å²) in [5, 5.41) is 3.82. The van der Waals surface area contributed by atoms with Crippen LogP contribution in [0.4, 0.5) is 8.78 Å². The number of hydrogen-bond donors (Lipinski definition) is 1. The molecule has 108 valence electrons. The van der Waals surface area contributed by atoms with Gasteiger partial charge in [-0.2, -0.15) is 4.98 Å². The third-order valence-electron chi connectivity index (χ3n) is 3.12. The molecule has 0 radical (unpaired) electrons. The van der Waals surface area contributed by atoms with Crippen molar-refractivity contribution in [3.8, 4) is 0 Å². The minimum Gasteiger partial charge on any atom is -0.339 e. The molecule has 4 nitrogen and oxygen atoms in total. The van der Waals surface area contributed by atoms with E-state index in [2.05, 4.69) is 10.1 Å². The summed E-state index contributed by atoms with van der Waals surface area (Å²) in [6, 6.07) is 3.43. The smallest absolute Gasteiger partial charge is 0.231 e. The van der Waals surface area contributed by atoms with E-state index in [9.17, 15) is 8.78 Å². The molecule has 1 aromatic carbocycles. The highest BCUT2D eigenvalue weighted by atomic mass is 19.1. The van der Waals surface area contributed by atoms with Gasteiger partial charge in [-0.15, -0.1) is 0 Å². The Kier molecular flexibility index (Phi) is 4.79. The number of benzene rings is 1. The van der Waals surface area contributed by atoms with E-state index >= 15 is 0 Å². The van der Waals surface area contributed by atoms with Crippen LogP contribution in [0.25, 0.3) is 0 Å². The summed E-state index contributed by atoms with van der Waals surface area (Å²) in [6.07, 6.45) is 1.99. The molecule has 1 atom stereocenters. The Morgan fingerprint density at radius 2 is 2.15 bits per heavy atom. The van der Waals surface area contributed by atoms with Gasteiger partial charge < -0.3 is 10.3 Å². The van der Waals surface area contributed by atoms with Gasteiger partial charge >= 0.3 is 0 Å². The highest BCUT2D eigenvalue weighted by Crippen LogP contribution is 2.19. The lowest BCUT2D eigenvalue weighted by Gasteiger charge is -2.06. The molecule has 2 N–H and O–H groups in total. The van der Waals surface area contributed by atoms with Crippen molar-refractivity contribution in [1.29, 1.82) is 0 Å². The SMILES string of the molecule is CCCC(CN)c1nc(Cc2ccc(F)cc2F)no1. The molecule has 0 bridgehead atoms. The fourth-order valence-electron chi connectivity index (χ4n) is 2.03. The molecule has 1 unspecified atom stereocenters. The average Bonchev–Trinajstić information content (AvgIpc) is 2.87. The summed E-state index contributed by atoms with van der Waals surface area (Å²) in [7, 11) is 0. The van der Waals surface area contributed by atoms with E-state index < -0.39 is 11.6 Å². The third kappa shape index (κ3) is 3.39. The van der Waals surface area contributed by atoms with E-state index in [1.165, 1.54) is 12.1 Å². The number of halogens is 2. The fourth-order valence-corrected chi connectivity index (χ4v) is 2.03. The first kappa shape index (κ1) is 14.6. The highest BCUT2D eigenvalue weighted by Gasteiger charge is 2.17. The van der Waals surface area contributed by atoms with Crippen LogP contribution in [0.2, 0.25) is 0 Å². The van der Waals surface area contributed by atoms with E-state index in [0.29, 0.717) is 23.8 Å². The van der Waals surface area contributed by atoms with Gasteiger partial charge in [0.15, 0.2) is 5.82 Å². The van der Waals surface area contributed by atoms with E-state index in [4.69, 9.17) is 10.3 Å². The molecule has 0 aliphatic carbocycles. The first-order chi connectivity index (χ1) is 9.63. The summed E-state index contributed by atoms with van der Waals surface area (Å²) >= 11 is 0. The first-order valence-electron chi connectivity index (χ1n) is 6.60. The van der Waals surface area contributed by atoms with Crippen LogP contribution in [0, 0.1) is 11.6 Å². The molecular formula is C14H17F2N3O. The number of rotatable bonds is 6. The average molecular weight is 281 g/mol. The van der Waals surface area contributed by atoms with Crippen LogP contribution >= 0.6 is 0 Å². The van der Waals surface area contributed by atoms with Crippen LogP contribution in [-0.4, -0.2) is 16.7 Å². The van der Waals surface area contributed by atoms with Crippen LogP contribution in [-0.2, 0) is 6.42 Å². The van der Waals surface area contributed by atoms with Gasteiger partial charge in [0, 0.05) is 19.0 Å². The molecule has 0 saturated carbocycles. The van der Waals surface area contributed by atoms with Gasteiger partial charge in [-0.3, -0.25) is 0 Å². The molecule has 20 heavy (non-hydrogen) atoms. The Balaban J connectivity index is 2.12. The van der Waals surface area contributed by atoms with Crippen LogP contribution in [0.5, 0.6) is 0 Å². The minimum atomic E-state index is -0.611. The highest BCUT2D eigenvalue weighted by molar-refractivity contribution is 5.21. The Morgan fingerprint density at radius 1 is 1.35 bits per heavy atom. The van der Waals surface area contributed by atoms with Crippen molar-refractivity contribution in [3.63, 3.8) is 0 Å². The van der Waals surface area contributed by atoms with E-state index in [1.54, 1.807) is 0 Å². The largest absolute Gasteiger partial charge is 0.339 e. The molecule has 0 aliphatic heterocycles. The molecule has 0 aliphatic rings. The monoisotopic (exact) mass is 281 g/mol. The zero-order chi connectivity index (χ0) is 14.5. The molecule has 2 aromatic rings. The molecule has 0 amide bonds. The van der Waals surface area contributed by atoms with Crippen molar-refractivity contribution in [2.45, 2.75) is 32.1 Å². The zero-order valence-corrected chi connectivity index (χ0v) is 11.3. The Morgan fingerprint density at radius 3 is 2.80 bits per heavy atom. The van der Waals surface area contributed by atoms with E-state index in [-0.39, 0.29) is 12.3 Å². The van der Waals surface area contributed by atoms with Crippen molar-refractivity contribution in [2.24, 2.45) is 5.73 Å².